The van der Waals surface area contributed by atoms with E-state index in [9.17, 15) is 0 Å². The van der Waals surface area contributed by atoms with E-state index < -0.39 is 6.29 Å². The third kappa shape index (κ3) is 2.86. The Morgan fingerprint density at radius 3 is 2.12 bits per heavy atom. The lowest BCUT2D eigenvalue weighted by molar-refractivity contribution is -0.105. The summed E-state index contributed by atoms with van der Waals surface area (Å²) in [5.41, 5.74) is 2.89. The van der Waals surface area contributed by atoms with Crippen molar-refractivity contribution in [3.05, 3.63) is 29.3 Å². The van der Waals surface area contributed by atoms with Crippen LogP contribution in [-0.2, 0) is 14.9 Å². The van der Waals surface area contributed by atoms with Crippen LogP contribution >= 0.6 is 0 Å². The molecular formula is C13H19BO2. The summed E-state index contributed by atoms with van der Waals surface area (Å²) < 4.78 is 10.5. The molecule has 86 valence electrons. The summed E-state index contributed by atoms with van der Waals surface area (Å²) in [7, 11) is 9.14. The van der Waals surface area contributed by atoms with E-state index in [1.54, 1.807) is 14.2 Å². The molecule has 2 radical (unpaired) electrons. The minimum Gasteiger partial charge on any atom is -0.352 e. The molecule has 16 heavy (non-hydrogen) atoms. The van der Waals surface area contributed by atoms with Gasteiger partial charge in [-0.2, -0.15) is 0 Å². The average Bonchev–Trinajstić information content (AvgIpc) is 2.20. The van der Waals surface area contributed by atoms with Crippen molar-refractivity contribution in [1.29, 1.82) is 0 Å². The van der Waals surface area contributed by atoms with Crippen molar-refractivity contribution in [1.82, 2.24) is 0 Å². The first kappa shape index (κ1) is 13.3. The monoisotopic (exact) mass is 218 g/mol. The Labute approximate surface area is 99.4 Å². The van der Waals surface area contributed by atoms with E-state index in [1.165, 1.54) is 5.56 Å². The summed E-state index contributed by atoms with van der Waals surface area (Å²) in [5.74, 6) is 0. The minimum atomic E-state index is -0.401. The number of hydrogen-bond acceptors (Lipinski definition) is 2. The van der Waals surface area contributed by atoms with Gasteiger partial charge in [0.05, 0.1) is 0 Å². The van der Waals surface area contributed by atoms with Gasteiger partial charge in [0.25, 0.3) is 0 Å². The van der Waals surface area contributed by atoms with Crippen LogP contribution < -0.4 is 5.46 Å². The molecule has 0 aromatic heterocycles. The average molecular weight is 218 g/mol. The first-order valence-corrected chi connectivity index (χ1v) is 5.35. The Hall–Kier alpha value is -0.795. The van der Waals surface area contributed by atoms with Gasteiger partial charge in [-0.25, -0.2) is 0 Å². The number of hydrogen-bond donors (Lipinski definition) is 0. The smallest absolute Gasteiger partial charge is 0.182 e. The predicted octanol–water partition coefficient (Wildman–Crippen LogP) is 2.07. The molecule has 0 bridgehead atoms. The second kappa shape index (κ2) is 5.02. The molecule has 0 fully saturated rings. The van der Waals surface area contributed by atoms with Gasteiger partial charge < -0.3 is 9.47 Å². The van der Waals surface area contributed by atoms with Crippen LogP contribution in [0.4, 0.5) is 0 Å². The maximum atomic E-state index is 5.92. The fraction of sp³-hybridized carbons (Fsp3) is 0.538. The highest BCUT2D eigenvalue weighted by Crippen LogP contribution is 2.25. The van der Waals surface area contributed by atoms with Gasteiger partial charge >= 0.3 is 0 Å². The van der Waals surface area contributed by atoms with Crippen LogP contribution in [0.5, 0.6) is 0 Å². The van der Waals surface area contributed by atoms with Crippen molar-refractivity contribution in [3.8, 4) is 0 Å². The van der Waals surface area contributed by atoms with Gasteiger partial charge in [-0.15, -0.1) is 0 Å². The quantitative estimate of drug-likeness (QED) is 0.571. The summed E-state index contributed by atoms with van der Waals surface area (Å²) >= 11 is 0. The zero-order chi connectivity index (χ0) is 12.3. The molecule has 0 heterocycles. The van der Waals surface area contributed by atoms with Crippen molar-refractivity contribution >= 4 is 13.3 Å². The van der Waals surface area contributed by atoms with Gasteiger partial charge in [0.2, 0.25) is 0 Å². The van der Waals surface area contributed by atoms with Crippen LogP contribution in [0.25, 0.3) is 0 Å². The molecule has 0 spiro atoms. The Morgan fingerprint density at radius 2 is 1.69 bits per heavy atom. The molecule has 0 unspecified atom stereocenters. The molecule has 0 aliphatic rings. The van der Waals surface area contributed by atoms with Gasteiger partial charge in [-0.3, -0.25) is 0 Å². The van der Waals surface area contributed by atoms with Gasteiger partial charge in [0.1, 0.15) is 7.85 Å². The molecule has 0 N–H and O–H groups in total. The summed E-state index contributed by atoms with van der Waals surface area (Å²) in [4.78, 5) is 0. The van der Waals surface area contributed by atoms with E-state index >= 15 is 0 Å². The largest absolute Gasteiger partial charge is 0.352 e. The van der Waals surface area contributed by atoms with E-state index in [1.807, 2.05) is 18.2 Å². The highest BCUT2D eigenvalue weighted by molar-refractivity contribution is 6.33. The lowest BCUT2D eigenvalue weighted by Gasteiger charge is -2.23. The van der Waals surface area contributed by atoms with E-state index in [0.29, 0.717) is 5.46 Å². The maximum Gasteiger partial charge on any atom is 0.182 e. The molecule has 0 aliphatic heterocycles. The molecule has 0 saturated heterocycles. The van der Waals surface area contributed by atoms with Gasteiger partial charge in [-0.05, 0) is 11.0 Å². The molecule has 1 rings (SSSR count). The molecule has 1 aromatic rings. The fourth-order valence-electron chi connectivity index (χ4n) is 1.60. The number of benzene rings is 1. The van der Waals surface area contributed by atoms with Crippen LogP contribution in [0, 0.1) is 0 Å². The number of rotatable bonds is 3. The number of ether oxygens (including phenoxy) is 2. The normalized spacial score (nSPS) is 12.1. The zero-order valence-corrected chi connectivity index (χ0v) is 10.7. The highest BCUT2D eigenvalue weighted by Gasteiger charge is 2.18. The van der Waals surface area contributed by atoms with Crippen molar-refractivity contribution in [2.24, 2.45) is 0 Å². The zero-order valence-electron chi connectivity index (χ0n) is 10.7. The van der Waals surface area contributed by atoms with Crippen LogP contribution in [0.15, 0.2) is 18.2 Å². The lowest BCUT2D eigenvalue weighted by Crippen LogP contribution is -2.20. The Kier molecular flexibility index (Phi) is 4.17. The molecule has 3 heteroatoms. The first-order valence-electron chi connectivity index (χ1n) is 5.35. The Morgan fingerprint density at radius 1 is 1.12 bits per heavy atom. The molecule has 1 aromatic carbocycles. The summed E-state index contributed by atoms with van der Waals surface area (Å²) in [5, 5.41) is 0. The maximum absolute atomic E-state index is 5.92. The third-order valence-corrected chi connectivity index (χ3v) is 2.63. The van der Waals surface area contributed by atoms with Crippen molar-refractivity contribution < 1.29 is 9.47 Å². The lowest BCUT2D eigenvalue weighted by atomic mass is 9.81. The van der Waals surface area contributed by atoms with Crippen LogP contribution in [-0.4, -0.2) is 22.1 Å². The van der Waals surface area contributed by atoms with Crippen molar-refractivity contribution in [3.63, 3.8) is 0 Å². The Bertz CT molecular complexity index is 351. The van der Waals surface area contributed by atoms with Gasteiger partial charge in [0, 0.05) is 19.8 Å². The molecule has 0 amide bonds. The van der Waals surface area contributed by atoms with E-state index in [0.717, 1.165) is 5.56 Å². The molecule has 0 atom stereocenters. The first-order chi connectivity index (χ1) is 7.40. The summed E-state index contributed by atoms with van der Waals surface area (Å²) in [6, 6.07) is 6.00. The summed E-state index contributed by atoms with van der Waals surface area (Å²) in [6.07, 6.45) is -0.401. The van der Waals surface area contributed by atoms with Gasteiger partial charge in [0.15, 0.2) is 6.29 Å². The van der Waals surface area contributed by atoms with Crippen molar-refractivity contribution in [2.45, 2.75) is 32.5 Å². The molecule has 2 nitrogen and oxygen atoms in total. The van der Waals surface area contributed by atoms with E-state index in [-0.39, 0.29) is 5.41 Å². The highest BCUT2D eigenvalue weighted by atomic mass is 16.7. The molecule has 0 aliphatic carbocycles. The summed E-state index contributed by atoms with van der Waals surface area (Å²) in [6.45, 7) is 6.49. The number of methoxy groups -OCH3 is 2. The second-order valence-corrected chi connectivity index (χ2v) is 4.90. The molecular weight excluding hydrogens is 199 g/mol. The molecule has 0 saturated carbocycles. The van der Waals surface area contributed by atoms with Crippen LogP contribution in [0.2, 0.25) is 0 Å². The topological polar surface area (TPSA) is 18.5 Å². The van der Waals surface area contributed by atoms with Gasteiger partial charge in [-0.1, -0.05) is 44.4 Å². The Balaban J connectivity index is 3.18. The van der Waals surface area contributed by atoms with Crippen LogP contribution in [0.3, 0.4) is 0 Å². The van der Waals surface area contributed by atoms with E-state index in [2.05, 4.69) is 20.8 Å². The SMILES string of the molecule is [B]c1ccc(C(C)(C)C)cc1C(OC)OC. The minimum absolute atomic E-state index is 0.0917. The standard InChI is InChI=1S/C13H19BO2/c1-13(2,3)9-6-7-11(14)10(8-9)12(15-4)16-5/h6-8,12H,1-5H3. The van der Waals surface area contributed by atoms with Crippen LogP contribution in [0.1, 0.15) is 38.2 Å². The van der Waals surface area contributed by atoms with E-state index in [4.69, 9.17) is 17.3 Å². The second-order valence-electron chi connectivity index (χ2n) is 4.90. The fourth-order valence-corrected chi connectivity index (χ4v) is 1.60. The predicted molar refractivity (Wildman–Crippen MR) is 67.3 cm³/mol. The van der Waals surface area contributed by atoms with Crippen molar-refractivity contribution in [2.75, 3.05) is 14.2 Å². The third-order valence-electron chi connectivity index (χ3n) is 2.63.